The van der Waals surface area contributed by atoms with Crippen LogP contribution in [0.2, 0.25) is 0 Å². The number of amides is 1. The molecule has 148 valence electrons. The Hall–Kier alpha value is -1.95. The van der Waals surface area contributed by atoms with Crippen molar-refractivity contribution in [1.82, 2.24) is 15.2 Å². The van der Waals surface area contributed by atoms with Crippen molar-refractivity contribution >= 4 is 23.4 Å². The number of nitrogens with one attached hydrogen (secondary N) is 1. The molecule has 2 bridgehead atoms. The lowest BCUT2D eigenvalue weighted by Gasteiger charge is -2.34. The number of benzene rings is 1. The molecule has 1 aromatic carbocycles. The maximum atomic E-state index is 12.7. The Morgan fingerprint density at radius 2 is 2.00 bits per heavy atom. The predicted molar refractivity (Wildman–Crippen MR) is 113 cm³/mol. The van der Waals surface area contributed by atoms with Gasteiger partial charge < -0.3 is 5.32 Å². The van der Waals surface area contributed by atoms with Crippen LogP contribution >= 0.6 is 11.8 Å². The quantitative estimate of drug-likeness (QED) is 0.753. The number of carbonyl (C=O) groups excluding carboxylic acids is 1. The van der Waals surface area contributed by atoms with Crippen molar-refractivity contribution in [3.05, 3.63) is 40.7 Å². The molecular formula is C22H28N4OS. The van der Waals surface area contributed by atoms with E-state index in [0.717, 1.165) is 35.5 Å². The molecule has 1 heterocycles. The second-order valence-electron chi connectivity index (χ2n) is 9.04. The average molecular weight is 397 g/mol. The van der Waals surface area contributed by atoms with Gasteiger partial charge in [0.25, 0.3) is 0 Å². The molecule has 1 saturated carbocycles. The summed E-state index contributed by atoms with van der Waals surface area (Å²) in [5.41, 5.74) is 5.45. The lowest BCUT2D eigenvalue weighted by atomic mass is 9.70. The minimum absolute atomic E-state index is 0.0444. The van der Waals surface area contributed by atoms with Gasteiger partial charge in [-0.1, -0.05) is 50.2 Å². The third-order valence-electron chi connectivity index (χ3n) is 7.06. The highest BCUT2D eigenvalue weighted by Crippen LogP contribution is 2.66. The molecule has 28 heavy (non-hydrogen) atoms. The van der Waals surface area contributed by atoms with Gasteiger partial charge in [0.1, 0.15) is 0 Å². The van der Waals surface area contributed by atoms with E-state index in [4.69, 9.17) is 4.98 Å². The molecule has 2 aromatic rings. The van der Waals surface area contributed by atoms with Crippen molar-refractivity contribution in [3.63, 3.8) is 0 Å². The number of aryl methyl sites for hydroxylation is 2. The van der Waals surface area contributed by atoms with Gasteiger partial charge in [0, 0.05) is 17.0 Å². The van der Waals surface area contributed by atoms with E-state index in [1.807, 2.05) is 32.9 Å². The van der Waals surface area contributed by atoms with Gasteiger partial charge in [-0.05, 0) is 50.7 Å². The summed E-state index contributed by atoms with van der Waals surface area (Å²) in [4.78, 5) is 17.5. The van der Waals surface area contributed by atoms with E-state index >= 15 is 0 Å². The lowest BCUT2D eigenvalue weighted by molar-refractivity contribution is -0.115. The Bertz CT molecular complexity index is 958. The molecule has 0 radical (unpaired) electrons. The molecule has 6 heteroatoms. The molecule has 2 aliphatic rings. The molecule has 1 amide bonds. The number of thioether (sulfide) groups is 1. The number of nitrogens with zero attached hydrogens (tertiary/aromatic N) is 3. The Kier molecular flexibility index (Phi) is 4.53. The maximum Gasteiger partial charge on any atom is 0.237 e. The van der Waals surface area contributed by atoms with Crippen LogP contribution in [0.5, 0.6) is 0 Å². The molecule has 0 saturated heterocycles. The monoisotopic (exact) mass is 396 g/mol. The molecule has 0 spiro atoms. The molecule has 4 rings (SSSR count). The normalized spacial score (nSPS) is 25.4. The van der Waals surface area contributed by atoms with E-state index in [1.165, 1.54) is 17.3 Å². The molecule has 0 unspecified atom stereocenters. The highest BCUT2D eigenvalue weighted by Gasteiger charge is 2.61. The third-order valence-corrected chi connectivity index (χ3v) is 8.01. The van der Waals surface area contributed by atoms with E-state index in [2.05, 4.69) is 42.4 Å². The number of rotatable bonds is 4. The zero-order chi connectivity index (χ0) is 20.3. The zero-order valence-electron chi connectivity index (χ0n) is 17.5. The molecule has 5 nitrogen and oxygen atoms in total. The van der Waals surface area contributed by atoms with Crippen molar-refractivity contribution in [1.29, 1.82) is 0 Å². The Morgan fingerprint density at radius 3 is 2.71 bits per heavy atom. The van der Waals surface area contributed by atoms with Crippen LogP contribution in [0.25, 0.3) is 0 Å². The van der Waals surface area contributed by atoms with Crippen molar-refractivity contribution < 1.29 is 4.79 Å². The smallest absolute Gasteiger partial charge is 0.237 e. The number of fused-ring (bicyclic) bond motifs is 5. The molecule has 3 atom stereocenters. The Morgan fingerprint density at radius 1 is 1.25 bits per heavy atom. The minimum atomic E-state index is -0.306. The highest BCUT2D eigenvalue weighted by atomic mass is 32.2. The first-order valence-corrected chi connectivity index (χ1v) is 10.8. The van der Waals surface area contributed by atoms with Crippen LogP contribution in [-0.4, -0.2) is 26.3 Å². The summed E-state index contributed by atoms with van der Waals surface area (Å²) in [5.74, 6) is 0.394. The van der Waals surface area contributed by atoms with Gasteiger partial charge in [0.15, 0.2) is 0 Å². The fourth-order valence-corrected chi connectivity index (χ4v) is 5.53. The first-order chi connectivity index (χ1) is 13.1. The van der Waals surface area contributed by atoms with Gasteiger partial charge in [0.05, 0.1) is 16.6 Å². The number of hydrogen-bond donors (Lipinski definition) is 1. The molecule has 2 aliphatic carbocycles. The van der Waals surface area contributed by atoms with Crippen LogP contribution < -0.4 is 5.32 Å². The molecule has 0 aliphatic heterocycles. The largest absolute Gasteiger partial charge is 0.325 e. The second-order valence-corrected chi connectivity index (χ2v) is 10.3. The van der Waals surface area contributed by atoms with Crippen molar-refractivity contribution in [2.24, 2.45) is 5.41 Å². The summed E-state index contributed by atoms with van der Waals surface area (Å²) < 4.78 is 0. The van der Waals surface area contributed by atoms with Gasteiger partial charge in [-0.2, -0.15) is 5.10 Å². The van der Waals surface area contributed by atoms with Crippen LogP contribution in [-0.2, 0) is 10.2 Å². The summed E-state index contributed by atoms with van der Waals surface area (Å²) in [5, 5.41) is 12.2. The van der Waals surface area contributed by atoms with Crippen LogP contribution in [0, 0.1) is 19.3 Å². The maximum absolute atomic E-state index is 12.7. The van der Waals surface area contributed by atoms with E-state index in [1.54, 1.807) is 0 Å². The van der Waals surface area contributed by atoms with E-state index < -0.39 is 0 Å². The molecule has 1 fully saturated rings. The first kappa shape index (κ1) is 19.4. The number of aromatic nitrogens is 3. The van der Waals surface area contributed by atoms with E-state index in [0.29, 0.717) is 11.1 Å². The predicted octanol–water partition coefficient (Wildman–Crippen LogP) is 4.78. The molecule has 1 aromatic heterocycles. The first-order valence-electron chi connectivity index (χ1n) is 9.93. The fraction of sp³-hybridized carbons (Fsp3) is 0.545. The van der Waals surface area contributed by atoms with Crippen molar-refractivity contribution in [2.75, 3.05) is 5.32 Å². The van der Waals surface area contributed by atoms with Gasteiger partial charge in [-0.3, -0.25) is 4.79 Å². The number of carbonyl (C=O) groups is 1. The summed E-state index contributed by atoms with van der Waals surface area (Å²) in [7, 11) is 0. The topological polar surface area (TPSA) is 67.8 Å². The van der Waals surface area contributed by atoms with E-state index in [9.17, 15) is 4.79 Å². The number of anilines is 1. The van der Waals surface area contributed by atoms with Crippen LogP contribution in [0.3, 0.4) is 0 Å². The zero-order valence-corrected chi connectivity index (χ0v) is 18.3. The summed E-state index contributed by atoms with van der Waals surface area (Å²) >= 11 is 1.38. The van der Waals surface area contributed by atoms with Gasteiger partial charge in [0.2, 0.25) is 11.1 Å². The Balaban J connectivity index is 1.51. The highest BCUT2D eigenvalue weighted by molar-refractivity contribution is 8.00. The third kappa shape index (κ3) is 2.84. The summed E-state index contributed by atoms with van der Waals surface area (Å²) in [6.07, 6.45) is 2.30. The summed E-state index contributed by atoms with van der Waals surface area (Å²) in [6, 6.07) is 6.02. The minimum Gasteiger partial charge on any atom is -0.325 e. The van der Waals surface area contributed by atoms with Crippen LogP contribution in [0.15, 0.2) is 23.4 Å². The Labute approximate surface area is 171 Å². The SMILES string of the molecule is Cc1ccc(NC(=O)[C@H](C)Sc2nnc3c(n2)[C@]2(C)CC[C@H]3C2(C)C)c(C)c1. The molecular weight excluding hydrogens is 368 g/mol. The van der Waals surface area contributed by atoms with Crippen molar-refractivity contribution in [2.45, 2.75) is 76.1 Å². The van der Waals surface area contributed by atoms with Crippen molar-refractivity contribution in [3.8, 4) is 0 Å². The van der Waals surface area contributed by atoms with Crippen LogP contribution in [0.1, 0.15) is 69.0 Å². The lowest BCUT2D eigenvalue weighted by Crippen LogP contribution is -2.32. The average Bonchev–Trinajstić information content (AvgIpc) is 2.96. The number of hydrogen-bond acceptors (Lipinski definition) is 5. The van der Waals surface area contributed by atoms with Gasteiger partial charge in [-0.15, -0.1) is 5.10 Å². The van der Waals surface area contributed by atoms with E-state index in [-0.39, 0.29) is 22.0 Å². The van der Waals surface area contributed by atoms with Gasteiger partial charge >= 0.3 is 0 Å². The molecule has 1 N–H and O–H groups in total. The van der Waals surface area contributed by atoms with Gasteiger partial charge in [-0.25, -0.2) is 4.98 Å². The summed E-state index contributed by atoms with van der Waals surface area (Å²) in [6.45, 7) is 12.9. The van der Waals surface area contributed by atoms with Crippen LogP contribution in [0.4, 0.5) is 5.69 Å². The standard InChI is InChI=1S/C22H28N4OS/c1-12-7-8-16(13(2)11-12)23-19(27)14(3)28-20-24-18-17(25-26-20)15-9-10-22(18,6)21(15,4)5/h7-8,11,14-15H,9-10H2,1-6H3,(H,23,27)/t14-,15+,22-/m0/s1. The second kappa shape index (κ2) is 6.55. The fourth-order valence-electron chi connectivity index (χ4n) is 4.81.